The lowest BCUT2D eigenvalue weighted by Gasteiger charge is -2.46. The zero-order valence-corrected chi connectivity index (χ0v) is 18.8. The highest BCUT2D eigenvalue weighted by atomic mass is 35.5. The van der Waals surface area contributed by atoms with Crippen LogP contribution in [0.2, 0.25) is 0 Å². The minimum Gasteiger partial charge on any atom is -0.378 e. The second-order valence-corrected chi connectivity index (χ2v) is 8.44. The molecule has 164 valence electrons. The van der Waals surface area contributed by atoms with Gasteiger partial charge in [0.15, 0.2) is 0 Å². The van der Waals surface area contributed by atoms with Gasteiger partial charge in [-0.2, -0.15) is 0 Å². The molecule has 3 fully saturated rings. The number of halogens is 2. The Morgan fingerprint density at radius 1 is 1.10 bits per heavy atom. The Morgan fingerprint density at radius 3 is 2.62 bits per heavy atom. The Morgan fingerprint density at radius 2 is 1.86 bits per heavy atom. The van der Waals surface area contributed by atoms with Crippen molar-refractivity contribution >= 4 is 30.7 Å². The van der Waals surface area contributed by atoms with Crippen LogP contribution in [-0.4, -0.2) is 67.7 Å². The number of hydrogen-bond acceptors (Lipinski definition) is 4. The van der Waals surface area contributed by atoms with E-state index >= 15 is 0 Å². The fourth-order valence-electron chi connectivity index (χ4n) is 5.03. The van der Waals surface area contributed by atoms with Gasteiger partial charge in [-0.3, -0.25) is 9.69 Å². The molecule has 3 heterocycles. The molecule has 3 aliphatic heterocycles. The smallest absolute Gasteiger partial charge is 0.222 e. The first-order valence-electron chi connectivity index (χ1n) is 10.6. The van der Waals surface area contributed by atoms with Crippen LogP contribution in [0.3, 0.4) is 0 Å². The molecule has 0 radical (unpaired) electrons. The highest BCUT2D eigenvalue weighted by Crippen LogP contribution is 2.31. The molecule has 3 atom stereocenters. The summed E-state index contributed by atoms with van der Waals surface area (Å²) in [6, 6.07) is 11.4. The molecular weight excluding hydrogens is 409 g/mol. The van der Waals surface area contributed by atoms with Crippen LogP contribution < -0.4 is 5.32 Å². The molecule has 5 nitrogen and oxygen atoms in total. The number of nitrogens with zero attached hydrogens (tertiary/aromatic N) is 2. The van der Waals surface area contributed by atoms with Gasteiger partial charge in [-0.15, -0.1) is 24.8 Å². The summed E-state index contributed by atoms with van der Waals surface area (Å²) in [7, 11) is 0. The van der Waals surface area contributed by atoms with Gasteiger partial charge < -0.3 is 15.0 Å². The number of amides is 1. The van der Waals surface area contributed by atoms with E-state index in [0.29, 0.717) is 31.6 Å². The number of morpholine rings is 1. The number of carbonyl (C=O) groups is 1. The van der Waals surface area contributed by atoms with Crippen LogP contribution in [-0.2, 0) is 16.1 Å². The van der Waals surface area contributed by atoms with Crippen molar-refractivity contribution in [1.29, 1.82) is 0 Å². The van der Waals surface area contributed by atoms with Gasteiger partial charge >= 0.3 is 0 Å². The SMILES string of the molecule is Cl.Cl.O=C(CCC[C@H]1NC[C@@H]2C[C@H]1CN(Cc1ccccc1)C2)N1CCOCC1. The molecule has 2 bridgehead atoms. The lowest BCUT2D eigenvalue weighted by atomic mass is 9.79. The summed E-state index contributed by atoms with van der Waals surface area (Å²) < 4.78 is 5.34. The van der Waals surface area contributed by atoms with E-state index < -0.39 is 0 Å². The van der Waals surface area contributed by atoms with Crippen LogP contribution in [0.15, 0.2) is 30.3 Å². The second-order valence-electron chi connectivity index (χ2n) is 8.44. The Labute approximate surface area is 187 Å². The first-order valence-corrected chi connectivity index (χ1v) is 10.6. The summed E-state index contributed by atoms with van der Waals surface area (Å²) in [5.74, 6) is 1.81. The highest BCUT2D eigenvalue weighted by Gasteiger charge is 2.36. The third kappa shape index (κ3) is 6.83. The fourth-order valence-corrected chi connectivity index (χ4v) is 5.03. The van der Waals surface area contributed by atoms with Gasteiger partial charge in [0.25, 0.3) is 0 Å². The maximum atomic E-state index is 12.4. The predicted octanol–water partition coefficient (Wildman–Crippen LogP) is 2.97. The van der Waals surface area contributed by atoms with Crippen molar-refractivity contribution in [1.82, 2.24) is 15.1 Å². The summed E-state index contributed by atoms with van der Waals surface area (Å²) in [5, 5.41) is 3.79. The fraction of sp³-hybridized carbons (Fsp3) is 0.682. The van der Waals surface area contributed by atoms with Crippen LogP contribution in [0.1, 0.15) is 31.2 Å². The molecule has 3 saturated heterocycles. The van der Waals surface area contributed by atoms with E-state index in [1.165, 1.54) is 25.1 Å². The molecule has 0 spiro atoms. The van der Waals surface area contributed by atoms with Crippen LogP contribution >= 0.6 is 24.8 Å². The summed E-state index contributed by atoms with van der Waals surface area (Å²) in [5.41, 5.74) is 1.41. The number of nitrogens with one attached hydrogen (secondary N) is 1. The van der Waals surface area contributed by atoms with E-state index in [-0.39, 0.29) is 24.8 Å². The lowest BCUT2D eigenvalue weighted by Crippen LogP contribution is -2.55. The lowest BCUT2D eigenvalue weighted by molar-refractivity contribution is -0.135. The van der Waals surface area contributed by atoms with Crippen molar-refractivity contribution in [2.24, 2.45) is 11.8 Å². The number of ether oxygens (including phenoxy) is 1. The van der Waals surface area contributed by atoms with Crippen molar-refractivity contribution in [2.45, 2.75) is 38.3 Å². The Balaban J connectivity index is 0.00000150. The molecule has 4 rings (SSSR count). The molecule has 7 heteroatoms. The number of rotatable bonds is 6. The van der Waals surface area contributed by atoms with Gasteiger partial charge in [-0.05, 0) is 43.2 Å². The first-order chi connectivity index (χ1) is 13.3. The number of fused-ring (bicyclic) bond motifs is 2. The number of piperidine rings is 2. The van der Waals surface area contributed by atoms with Crippen LogP contribution in [0.5, 0.6) is 0 Å². The maximum absolute atomic E-state index is 12.4. The molecule has 0 saturated carbocycles. The summed E-state index contributed by atoms with van der Waals surface area (Å²) in [4.78, 5) is 17.0. The Hall–Kier alpha value is -0.850. The van der Waals surface area contributed by atoms with Crippen LogP contribution in [0.25, 0.3) is 0 Å². The van der Waals surface area contributed by atoms with Gasteiger partial charge in [0.2, 0.25) is 5.91 Å². The van der Waals surface area contributed by atoms with E-state index in [1.54, 1.807) is 0 Å². The van der Waals surface area contributed by atoms with Gasteiger partial charge in [0.05, 0.1) is 13.2 Å². The van der Waals surface area contributed by atoms with E-state index in [4.69, 9.17) is 4.74 Å². The molecule has 0 aliphatic carbocycles. The van der Waals surface area contributed by atoms with E-state index in [0.717, 1.165) is 50.9 Å². The van der Waals surface area contributed by atoms with E-state index in [2.05, 4.69) is 40.5 Å². The summed E-state index contributed by atoms with van der Waals surface area (Å²) in [6.07, 6.45) is 4.14. The molecule has 1 amide bonds. The molecule has 3 aliphatic rings. The maximum Gasteiger partial charge on any atom is 0.222 e. The zero-order chi connectivity index (χ0) is 18.5. The first kappa shape index (κ1) is 24.4. The normalized spacial score (nSPS) is 26.9. The average molecular weight is 444 g/mol. The van der Waals surface area contributed by atoms with Gasteiger partial charge in [0, 0.05) is 45.2 Å². The monoisotopic (exact) mass is 443 g/mol. The standard InChI is InChI=1S/C22H33N3O2.2ClH/c26-22(25-9-11-27-12-10-25)8-4-7-21-20-13-19(14-23-21)16-24(17-20)15-18-5-2-1-3-6-18;;/h1-3,5-6,19-21,23H,4,7-17H2;2*1H/t19-,20-,21+;;/m0../s1. The van der Waals surface area contributed by atoms with Gasteiger partial charge in [-0.25, -0.2) is 0 Å². The van der Waals surface area contributed by atoms with Crippen molar-refractivity contribution in [3.05, 3.63) is 35.9 Å². The van der Waals surface area contributed by atoms with Gasteiger partial charge in [-0.1, -0.05) is 30.3 Å². The summed E-state index contributed by atoms with van der Waals surface area (Å²) in [6.45, 7) is 7.49. The van der Waals surface area contributed by atoms with Crippen molar-refractivity contribution in [3.8, 4) is 0 Å². The Bertz CT molecular complexity index is 613. The van der Waals surface area contributed by atoms with Crippen LogP contribution in [0.4, 0.5) is 0 Å². The third-order valence-electron chi connectivity index (χ3n) is 6.40. The molecular formula is C22H35Cl2N3O2. The summed E-state index contributed by atoms with van der Waals surface area (Å²) >= 11 is 0. The number of carbonyl (C=O) groups excluding carboxylic acids is 1. The molecule has 0 unspecified atom stereocenters. The molecule has 1 aromatic carbocycles. The largest absolute Gasteiger partial charge is 0.378 e. The minimum absolute atomic E-state index is 0. The van der Waals surface area contributed by atoms with E-state index in [9.17, 15) is 4.79 Å². The highest BCUT2D eigenvalue weighted by molar-refractivity contribution is 5.85. The molecule has 1 aromatic rings. The van der Waals surface area contributed by atoms with Crippen molar-refractivity contribution in [2.75, 3.05) is 45.9 Å². The second kappa shape index (κ2) is 12.1. The van der Waals surface area contributed by atoms with Gasteiger partial charge in [0.1, 0.15) is 0 Å². The number of hydrogen-bond donors (Lipinski definition) is 1. The average Bonchev–Trinajstić information content (AvgIpc) is 2.71. The minimum atomic E-state index is 0. The molecule has 0 aromatic heterocycles. The van der Waals surface area contributed by atoms with E-state index in [1.807, 2.05) is 4.90 Å². The number of benzene rings is 1. The van der Waals surface area contributed by atoms with Crippen LogP contribution in [0, 0.1) is 11.8 Å². The van der Waals surface area contributed by atoms with Crippen molar-refractivity contribution < 1.29 is 9.53 Å². The molecule has 29 heavy (non-hydrogen) atoms. The number of likely N-dealkylation sites (tertiary alicyclic amines) is 1. The quantitative estimate of drug-likeness (QED) is 0.733. The zero-order valence-electron chi connectivity index (χ0n) is 17.1. The predicted molar refractivity (Wildman–Crippen MR) is 121 cm³/mol. The third-order valence-corrected chi connectivity index (χ3v) is 6.40. The molecule has 1 N–H and O–H groups in total. The topological polar surface area (TPSA) is 44.8 Å². The van der Waals surface area contributed by atoms with Crippen molar-refractivity contribution in [3.63, 3.8) is 0 Å². The Kier molecular flexibility index (Phi) is 10.2.